The summed E-state index contributed by atoms with van der Waals surface area (Å²) in [5.41, 5.74) is 0. The quantitative estimate of drug-likeness (QED) is 0.150. The molecule has 0 saturated heterocycles. The number of aliphatic carboxylic acids is 1. The van der Waals surface area contributed by atoms with Crippen LogP contribution < -0.4 is 0 Å². The molecule has 1 N–H and O–H groups in total. The maximum Gasteiger partial charge on any atom is 0.303 e. The number of allylic oxidation sites excluding steroid dienone is 2. The highest BCUT2D eigenvalue weighted by Crippen LogP contribution is 2.14. The highest BCUT2D eigenvalue weighted by Gasteiger charge is 1.95. The van der Waals surface area contributed by atoms with E-state index in [0.717, 1.165) is 25.7 Å². The van der Waals surface area contributed by atoms with Crippen molar-refractivity contribution in [3.8, 4) is 0 Å². The first-order valence-electron chi connectivity index (χ1n) is 12.1. The van der Waals surface area contributed by atoms with Crippen molar-refractivity contribution in [2.75, 3.05) is 0 Å². The summed E-state index contributed by atoms with van der Waals surface area (Å²) in [6, 6.07) is 0. The third-order valence-corrected chi connectivity index (χ3v) is 5.40. The van der Waals surface area contributed by atoms with Gasteiger partial charge in [0, 0.05) is 6.42 Å². The number of rotatable bonds is 22. The van der Waals surface area contributed by atoms with E-state index in [2.05, 4.69) is 19.1 Å². The van der Waals surface area contributed by atoms with Crippen LogP contribution in [0.5, 0.6) is 0 Å². The molecule has 27 heavy (non-hydrogen) atoms. The summed E-state index contributed by atoms with van der Waals surface area (Å²) >= 11 is 0. The van der Waals surface area contributed by atoms with Crippen LogP contribution in [-0.4, -0.2) is 11.1 Å². The Morgan fingerprint density at radius 2 is 0.889 bits per heavy atom. The van der Waals surface area contributed by atoms with Crippen LogP contribution >= 0.6 is 0 Å². The summed E-state index contributed by atoms with van der Waals surface area (Å²) in [6.45, 7) is 2.29. The molecule has 0 fully saturated rings. The van der Waals surface area contributed by atoms with E-state index in [4.69, 9.17) is 5.11 Å². The Kier molecular flexibility index (Phi) is 22.6. The molecule has 0 aromatic rings. The van der Waals surface area contributed by atoms with Gasteiger partial charge in [0.15, 0.2) is 0 Å². The average Bonchev–Trinajstić information content (AvgIpc) is 2.65. The second-order valence-corrected chi connectivity index (χ2v) is 8.20. The molecule has 0 rings (SSSR count). The van der Waals surface area contributed by atoms with Gasteiger partial charge in [-0.05, 0) is 32.1 Å². The Balaban J connectivity index is 3.06. The predicted octanol–water partition coefficient (Wildman–Crippen LogP) is 8.84. The van der Waals surface area contributed by atoms with Crippen molar-refractivity contribution < 1.29 is 9.90 Å². The van der Waals surface area contributed by atoms with E-state index in [1.54, 1.807) is 0 Å². The molecular formula is C25H48O2. The van der Waals surface area contributed by atoms with Crippen LogP contribution in [0.25, 0.3) is 0 Å². The molecule has 0 aromatic carbocycles. The Labute approximate surface area is 170 Å². The molecule has 0 aliphatic rings. The van der Waals surface area contributed by atoms with Gasteiger partial charge in [-0.15, -0.1) is 0 Å². The van der Waals surface area contributed by atoms with Crippen LogP contribution in [0.15, 0.2) is 12.2 Å². The maximum absolute atomic E-state index is 10.4. The van der Waals surface area contributed by atoms with Crippen molar-refractivity contribution in [3.05, 3.63) is 12.2 Å². The largest absolute Gasteiger partial charge is 0.481 e. The Morgan fingerprint density at radius 3 is 1.26 bits per heavy atom. The van der Waals surface area contributed by atoms with E-state index < -0.39 is 5.97 Å². The van der Waals surface area contributed by atoms with Crippen LogP contribution in [0.1, 0.15) is 142 Å². The lowest BCUT2D eigenvalue weighted by Gasteiger charge is -2.03. The molecule has 160 valence electrons. The van der Waals surface area contributed by atoms with Gasteiger partial charge >= 0.3 is 5.97 Å². The van der Waals surface area contributed by atoms with E-state index in [1.165, 1.54) is 103 Å². The second-order valence-electron chi connectivity index (χ2n) is 8.20. The SMILES string of the molecule is CCCCCCCCCCCCCCCCCC=CCCCCCC(=O)O. The fourth-order valence-corrected chi connectivity index (χ4v) is 3.58. The smallest absolute Gasteiger partial charge is 0.303 e. The molecule has 0 heterocycles. The molecule has 0 aliphatic carbocycles. The van der Waals surface area contributed by atoms with Crippen molar-refractivity contribution in [2.45, 2.75) is 142 Å². The molecule has 0 unspecified atom stereocenters. The van der Waals surface area contributed by atoms with Crippen LogP contribution in [0.4, 0.5) is 0 Å². The zero-order valence-corrected chi connectivity index (χ0v) is 18.4. The fraction of sp³-hybridized carbons (Fsp3) is 0.880. The number of hydrogen-bond donors (Lipinski definition) is 1. The molecule has 0 radical (unpaired) electrons. The summed E-state index contributed by atoms with van der Waals surface area (Å²) in [7, 11) is 0. The van der Waals surface area contributed by atoms with Gasteiger partial charge in [0.05, 0.1) is 0 Å². The van der Waals surface area contributed by atoms with Crippen LogP contribution in [0.2, 0.25) is 0 Å². The summed E-state index contributed by atoms with van der Waals surface area (Å²) in [5, 5.41) is 8.56. The minimum absolute atomic E-state index is 0.322. The summed E-state index contributed by atoms with van der Waals surface area (Å²) < 4.78 is 0. The van der Waals surface area contributed by atoms with Gasteiger partial charge in [-0.25, -0.2) is 0 Å². The topological polar surface area (TPSA) is 37.3 Å². The molecule has 0 aliphatic heterocycles. The summed E-state index contributed by atoms with van der Waals surface area (Å²) in [4.78, 5) is 10.4. The van der Waals surface area contributed by atoms with E-state index in [-0.39, 0.29) is 0 Å². The summed E-state index contributed by atoms with van der Waals surface area (Å²) in [6.07, 6.45) is 31.6. The van der Waals surface area contributed by atoms with Crippen molar-refractivity contribution in [3.63, 3.8) is 0 Å². The molecular weight excluding hydrogens is 332 g/mol. The molecule has 0 amide bonds. The van der Waals surface area contributed by atoms with Crippen LogP contribution in [0.3, 0.4) is 0 Å². The van der Waals surface area contributed by atoms with Gasteiger partial charge in [-0.1, -0.05) is 115 Å². The number of carboxylic acids is 1. The number of hydrogen-bond acceptors (Lipinski definition) is 1. The molecule has 2 nitrogen and oxygen atoms in total. The number of unbranched alkanes of at least 4 members (excludes halogenated alkanes) is 18. The minimum Gasteiger partial charge on any atom is -0.481 e. The zero-order valence-electron chi connectivity index (χ0n) is 18.4. The van der Waals surface area contributed by atoms with Gasteiger partial charge in [-0.2, -0.15) is 0 Å². The minimum atomic E-state index is -0.668. The lowest BCUT2D eigenvalue weighted by atomic mass is 10.0. The Hall–Kier alpha value is -0.790. The summed E-state index contributed by atoms with van der Waals surface area (Å²) in [5.74, 6) is -0.668. The van der Waals surface area contributed by atoms with E-state index in [1.807, 2.05) is 0 Å². The first kappa shape index (κ1) is 26.2. The zero-order chi connectivity index (χ0) is 19.8. The van der Waals surface area contributed by atoms with E-state index in [9.17, 15) is 4.79 Å². The van der Waals surface area contributed by atoms with Gasteiger partial charge in [0.2, 0.25) is 0 Å². The van der Waals surface area contributed by atoms with Crippen molar-refractivity contribution in [1.29, 1.82) is 0 Å². The van der Waals surface area contributed by atoms with Crippen molar-refractivity contribution in [2.24, 2.45) is 0 Å². The molecule has 0 saturated carbocycles. The van der Waals surface area contributed by atoms with Crippen LogP contribution in [0, 0.1) is 0 Å². The van der Waals surface area contributed by atoms with E-state index in [0.29, 0.717) is 6.42 Å². The third kappa shape index (κ3) is 25.2. The first-order chi connectivity index (χ1) is 13.3. The standard InChI is InChI=1S/C25H48O2/c1-2-3-4-5-6-7-8-9-10-11-12-13-14-15-16-17-18-19-20-21-22-23-24-25(26)27/h18-19H,2-17,20-24H2,1H3,(H,26,27). The predicted molar refractivity (Wildman–Crippen MR) is 119 cm³/mol. The monoisotopic (exact) mass is 380 g/mol. The average molecular weight is 381 g/mol. The van der Waals surface area contributed by atoms with Crippen molar-refractivity contribution >= 4 is 5.97 Å². The fourth-order valence-electron chi connectivity index (χ4n) is 3.58. The molecule has 0 atom stereocenters. The lowest BCUT2D eigenvalue weighted by molar-refractivity contribution is -0.137. The second kappa shape index (κ2) is 23.2. The Morgan fingerprint density at radius 1 is 0.556 bits per heavy atom. The van der Waals surface area contributed by atoms with Crippen LogP contribution in [-0.2, 0) is 4.79 Å². The Bertz CT molecular complexity index is 322. The molecule has 0 bridgehead atoms. The van der Waals surface area contributed by atoms with Crippen molar-refractivity contribution in [1.82, 2.24) is 0 Å². The van der Waals surface area contributed by atoms with Gasteiger partial charge < -0.3 is 5.11 Å². The van der Waals surface area contributed by atoms with E-state index >= 15 is 0 Å². The first-order valence-corrected chi connectivity index (χ1v) is 12.1. The molecule has 0 spiro atoms. The van der Waals surface area contributed by atoms with Gasteiger partial charge in [0.1, 0.15) is 0 Å². The van der Waals surface area contributed by atoms with Gasteiger partial charge in [0.25, 0.3) is 0 Å². The highest BCUT2D eigenvalue weighted by molar-refractivity contribution is 5.66. The normalized spacial score (nSPS) is 11.4. The number of carbonyl (C=O) groups is 1. The maximum atomic E-state index is 10.4. The molecule has 0 aromatic heterocycles. The van der Waals surface area contributed by atoms with Gasteiger partial charge in [-0.3, -0.25) is 4.79 Å². The lowest BCUT2D eigenvalue weighted by Crippen LogP contribution is -1.93. The molecule has 2 heteroatoms. The number of carboxylic acid groups (broad SMARTS) is 1. The third-order valence-electron chi connectivity index (χ3n) is 5.40. The highest BCUT2D eigenvalue weighted by atomic mass is 16.4.